The lowest BCUT2D eigenvalue weighted by molar-refractivity contribution is -0.142. The van der Waals surface area contributed by atoms with Gasteiger partial charge in [0.1, 0.15) is 5.75 Å². The molecule has 0 saturated heterocycles. The molecule has 0 bridgehead atoms. The van der Waals surface area contributed by atoms with E-state index in [4.69, 9.17) is 21.6 Å². The lowest BCUT2D eigenvalue weighted by Gasteiger charge is -2.15. The number of alkyl halides is 3. The van der Waals surface area contributed by atoms with Crippen molar-refractivity contribution in [2.75, 3.05) is 0 Å². The molecule has 13 heteroatoms. The van der Waals surface area contributed by atoms with E-state index in [1.54, 1.807) is 12.1 Å². The van der Waals surface area contributed by atoms with Gasteiger partial charge in [-0.3, -0.25) is 19.1 Å². The minimum Gasteiger partial charge on any atom is -0.449 e. The molecule has 3 heterocycles. The van der Waals surface area contributed by atoms with Crippen LogP contribution < -0.4 is 15.9 Å². The first-order chi connectivity index (χ1) is 18.6. The Morgan fingerprint density at radius 3 is 2.64 bits per heavy atom. The molecule has 3 aromatic heterocycles. The number of aromatic nitrogens is 5. The second kappa shape index (κ2) is 10.0. The Morgan fingerprint density at radius 2 is 1.87 bits per heavy atom. The van der Waals surface area contributed by atoms with E-state index in [-0.39, 0.29) is 34.1 Å². The first-order valence-corrected chi connectivity index (χ1v) is 11.5. The van der Waals surface area contributed by atoms with Crippen LogP contribution in [0.2, 0.25) is 5.02 Å². The van der Waals surface area contributed by atoms with Crippen molar-refractivity contribution in [2.45, 2.75) is 12.7 Å². The Balaban J connectivity index is 1.55. The van der Waals surface area contributed by atoms with Crippen molar-refractivity contribution in [1.29, 1.82) is 5.26 Å². The van der Waals surface area contributed by atoms with E-state index in [0.29, 0.717) is 11.9 Å². The van der Waals surface area contributed by atoms with E-state index in [1.165, 1.54) is 18.3 Å². The normalized spacial score (nSPS) is 11.4. The fraction of sp³-hybridized carbons (Fsp3) is 0.0769. The van der Waals surface area contributed by atoms with E-state index in [0.717, 1.165) is 27.6 Å². The zero-order valence-corrected chi connectivity index (χ0v) is 20.3. The second-order valence-electron chi connectivity index (χ2n) is 8.26. The molecular weight excluding hydrogens is 537 g/mol. The summed E-state index contributed by atoms with van der Waals surface area (Å²) >= 11 is 5.92. The Hall–Kier alpha value is -5.02. The SMILES string of the molecule is N#Cc1cc(Cl)cc(Oc2c(C(F)(F)F)ncn(Cc3cc(-c4cnc5ccccc5c4)c(=O)[nH]n3)c2=O)c1. The average molecular weight is 551 g/mol. The molecule has 0 amide bonds. The van der Waals surface area contributed by atoms with Crippen molar-refractivity contribution in [3.8, 4) is 28.7 Å². The van der Waals surface area contributed by atoms with E-state index in [9.17, 15) is 22.8 Å². The summed E-state index contributed by atoms with van der Waals surface area (Å²) < 4.78 is 47.2. The van der Waals surface area contributed by atoms with Crippen molar-refractivity contribution in [3.63, 3.8) is 0 Å². The number of hydrogen-bond donors (Lipinski definition) is 1. The minimum absolute atomic E-state index is 0.0171. The lowest BCUT2D eigenvalue weighted by Crippen LogP contribution is -2.27. The highest BCUT2D eigenvalue weighted by Crippen LogP contribution is 2.35. The fourth-order valence-electron chi connectivity index (χ4n) is 3.82. The molecule has 0 radical (unpaired) electrons. The van der Waals surface area contributed by atoms with Gasteiger partial charge >= 0.3 is 6.18 Å². The number of para-hydroxylation sites is 1. The predicted molar refractivity (Wildman–Crippen MR) is 134 cm³/mol. The number of nitrogens with zero attached hydrogens (tertiary/aromatic N) is 5. The van der Waals surface area contributed by atoms with E-state index < -0.39 is 28.7 Å². The third kappa shape index (κ3) is 5.34. The Bertz CT molecular complexity index is 1900. The number of rotatable bonds is 5. The molecule has 0 aliphatic carbocycles. The van der Waals surface area contributed by atoms with Gasteiger partial charge in [0.2, 0.25) is 5.75 Å². The van der Waals surface area contributed by atoms with Crippen LogP contribution in [0.4, 0.5) is 13.2 Å². The van der Waals surface area contributed by atoms with Crippen molar-refractivity contribution in [1.82, 2.24) is 24.7 Å². The highest BCUT2D eigenvalue weighted by atomic mass is 35.5. The van der Waals surface area contributed by atoms with Crippen LogP contribution in [0, 0.1) is 11.3 Å². The quantitative estimate of drug-likeness (QED) is 0.329. The molecule has 39 heavy (non-hydrogen) atoms. The van der Waals surface area contributed by atoms with Crippen LogP contribution in [0.1, 0.15) is 17.0 Å². The van der Waals surface area contributed by atoms with Gasteiger partial charge in [-0.25, -0.2) is 10.1 Å². The number of pyridine rings is 1. The maximum Gasteiger partial charge on any atom is 0.437 e. The average Bonchev–Trinajstić information content (AvgIpc) is 2.90. The molecule has 5 aromatic rings. The van der Waals surface area contributed by atoms with Gasteiger partial charge in [-0.05, 0) is 36.4 Å². The summed E-state index contributed by atoms with van der Waals surface area (Å²) in [5.74, 6) is -1.37. The topological polar surface area (TPSA) is 127 Å². The largest absolute Gasteiger partial charge is 0.449 e. The lowest BCUT2D eigenvalue weighted by atomic mass is 10.1. The molecule has 0 spiro atoms. The van der Waals surface area contributed by atoms with Gasteiger partial charge in [-0.1, -0.05) is 29.8 Å². The van der Waals surface area contributed by atoms with E-state index >= 15 is 0 Å². The van der Waals surface area contributed by atoms with Crippen LogP contribution >= 0.6 is 11.6 Å². The number of benzene rings is 2. The molecule has 1 N–H and O–H groups in total. The molecule has 9 nitrogen and oxygen atoms in total. The Labute approximate surface area is 221 Å². The van der Waals surface area contributed by atoms with Gasteiger partial charge in [0.05, 0.1) is 41.3 Å². The first kappa shape index (κ1) is 25.6. The molecule has 194 valence electrons. The summed E-state index contributed by atoms with van der Waals surface area (Å²) in [6, 6.07) is 15.8. The van der Waals surface area contributed by atoms with Gasteiger partial charge in [0.15, 0.2) is 5.69 Å². The smallest absolute Gasteiger partial charge is 0.437 e. The maximum absolute atomic E-state index is 13.7. The van der Waals surface area contributed by atoms with Gasteiger partial charge in [0, 0.05) is 22.2 Å². The predicted octanol–water partition coefficient (Wildman–Crippen LogP) is 4.93. The van der Waals surface area contributed by atoms with Crippen LogP contribution in [0.25, 0.3) is 22.0 Å². The van der Waals surface area contributed by atoms with Crippen LogP contribution in [0.3, 0.4) is 0 Å². The molecule has 0 atom stereocenters. The van der Waals surface area contributed by atoms with Crippen LogP contribution in [-0.4, -0.2) is 24.7 Å². The second-order valence-corrected chi connectivity index (χ2v) is 8.70. The van der Waals surface area contributed by atoms with E-state index in [2.05, 4.69) is 20.2 Å². The molecular formula is C26H14ClF3N6O3. The monoisotopic (exact) mass is 550 g/mol. The summed E-state index contributed by atoms with van der Waals surface area (Å²) in [6.45, 7) is -0.343. The van der Waals surface area contributed by atoms with Crippen LogP contribution in [0.5, 0.6) is 11.5 Å². The van der Waals surface area contributed by atoms with Gasteiger partial charge in [-0.15, -0.1) is 0 Å². The van der Waals surface area contributed by atoms with Crippen molar-refractivity contribution >= 4 is 22.5 Å². The van der Waals surface area contributed by atoms with Gasteiger partial charge in [-0.2, -0.15) is 23.5 Å². The van der Waals surface area contributed by atoms with Crippen LogP contribution in [-0.2, 0) is 12.7 Å². The highest BCUT2D eigenvalue weighted by molar-refractivity contribution is 6.30. The minimum atomic E-state index is -5.02. The molecule has 0 fully saturated rings. The summed E-state index contributed by atoms with van der Waals surface area (Å²) in [4.78, 5) is 33.4. The molecule has 0 unspecified atom stereocenters. The fourth-order valence-corrected chi connectivity index (χ4v) is 4.04. The number of fused-ring (bicyclic) bond motifs is 1. The van der Waals surface area contributed by atoms with E-state index in [1.807, 2.05) is 24.3 Å². The van der Waals surface area contributed by atoms with Gasteiger partial charge in [0.25, 0.3) is 11.1 Å². The zero-order chi connectivity index (χ0) is 27.7. The highest BCUT2D eigenvalue weighted by Gasteiger charge is 2.38. The van der Waals surface area contributed by atoms with Gasteiger partial charge < -0.3 is 4.74 Å². The Kier molecular flexibility index (Phi) is 6.59. The first-order valence-electron chi connectivity index (χ1n) is 11.1. The summed E-state index contributed by atoms with van der Waals surface area (Å²) in [5.41, 5.74) is -1.67. The summed E-state index contributed by atoms with van der Waals surface area (Å²) in [6.07, 6.45) is -2.80. The number of aromatic amines is 1. The number of halogens is 4. The number of hydrogen-bond acceptors (Lipinski definition) is 7. The number of nitrogens with one attached hydrogen (secondary N) is 1. The summed E-state index contributed by atoms with van der Waals surface area (Å²) in [7, 11) is 0. The zero-order valence-electron chi connectivity index (χ0n) is 19.5. The molecule has 0 aliphatic heterocycles. The molecule has 5 rings (SSSR count). The van der Waals surface area contributed by atoms with Crippen molar-refractivity contribution < 1.29 is 17.9 Å². The van der Waals surface area contributed by atoms with Crippen molar-refractivity contribution in [3.05, 3.63) is 110 Å². The maximum atomic E-state index is 13.7. The molecule has 2 aromatic carbocycles. The molecule has 0 aliphatic rings. The standard InChI is InChI=1S/C26H14ClF3N6O3/c27-17-5-14(10-31)6-19(8-17)39-22-23(26(28,29)30)33-13-36(25(22)38)12-18-9-20(24(37)35-34-18)16-7-15-3-1-2-4-21(15)32-11-16/h1-9,11,13H,12H2,(H,35,37). The Morgan fingerprint density at radius 1 is 1.08 bits per heavy atom. The third-order valence-electron chi connectivity index (χ3n) is 5.58. The summed E-state index contributed by atoms with van der Waals surface area (Å²) in [5, 5.41) is 16.2. The number of nitriles is 1. The third-order valence-corrected chi connectivity index (χ3v) is 5.79. The number of ether oxygens (including phenoxy) is 1. The number of H-pyrrole nitrogens is 1. The molecule has 0 saturated carbocycles. The van der Waals surface area contributed by atoms with Crippen LogP contribution in [0.15, 0.2) is 76.7 Å². The van der Waals surface area contributed by atoms with Crippen molar-refractivity contribution in [2.24, 2.45) is 0 Å².